The molecule has 84 valence electrons. The first-order valence-corrected chi connectivity index (χ1v) is 5.48. The van der Waals surface area contributed by atoms with E-state index in [-0.39, 0.29) is 5.92 Å². The van der Waals surface area contributed by atoms with Gasteiger partial charge in [0.15, 0.2) is 0 Å². The molecule has 4 heteroatoms. The largest absolute Gasteiger partial charge is 0.383 e. The van der Waals surface area contributed by atoms with E-state index in [0.29, 0.717) is 6.61 Å². The molecule has 1 saturated heterocycles. The number of aliphatic hydroxyl groups is 1. The molecule has 0 aliphatic carbocycles. The van der Waals surface area contributed by atoms with Gasteiger partial charge in [-0.3, -0.25) is 4.68 Å². The van der Waals surface area contributed by atoms with E-state index in [1.165, 1.54) is 0 Å². The molecule has 0 amide bonds. The predicted molar refractivity (Wildman–Crippen MR) is 56.4 cm³/mol. The Kier molecular flexibility index (Phi) is 2.80. The Labute approximate surface area is 89.9 Å². The quantitative estimate of drug-likeness (QED) is 0.814. The van der Waals surface area contributed by atoms with Crippen molar-refractivity contribution < 1.29 is 9.84 Å². The first-order chi connectivity index (χ1) is 7.16. The van der Waals surface area contributed by atoms with Crippen LogP contribution in [0.3, 0.4) is 0 Å². The Morgan fingerprint density at radius 2 is 2.53 bits per heavy atom. The molecule has 1 fully saturated rings. The molecule has 0 spiro atoms. The third-order valence-corrected chi connectivity index (χ3v) is 3.26. The number of aromatic nitrogens is 2. The van der Waals surface area contributed by atoms with Crippen molar-refractivity contribution in [3.05, 3.63) is 18.0 Å². The van der Waals surface area contributed by atoms with Gasteiger partial charge in [-0.1, -0.05) is 0 Å². The summed E-state index contributed by atoms with van der Waals surface area (Å²) in [5.74, 6) is 0.180. The van der Waals surface area contributed by atoms with E-state index >= 15 is 0 Å². The van der Waals surface area contributed by atoms with Crippen LogP contribution < -0.4 is 0 Å². The highest BCUT2D eigenvalue weighted by atomic mass is 16.5. The van der Waals surface area contributed by atoms with Crippen molar-refractivity contribution in [3.63, 3.8) is 0 Å². The number of hydrogen-bond donors (Lipinski definition) is 1. The molecule has 1 aromatic rings. The minimum atomic E-state index is -0.830. The highest BCUT2D eigenvalue weighted by Crippen LogP contribution is 2.34. The van der Waals surface area contributed by atoms with Crippen LogP contribution in [0.25, 0.3) is 0 Å². The lowest BCUT2D eigenvalue weighted by Gasteiger charge is -2.29. The molecule has 2 unspecified atom stereocenters. The van der Waals surface area contributed by atoms with E-state index in [9.17, 15) is 5.11 Å². The van der Waals surface area contributed by atoms with Crippen LogP contribution in [0.1, 0.15) is 26.0 Å². The van der Waals surface area contributed by atoms with Crippen molar-refractivity contribution in [1.82, 2.24) is 9.78 Å². The summed E-state index contributed by atoms with van der Waals surface area (Å²) in [5.41, 5.74) is 0.0590. The highest BCUT2D eigenvalue weighted by Gasteiger charge is 2.38. The first kappa shape index (κ1) is 10.6. The molecule has 1 aliphatic heterocycles. The second kappa shape index (κ2) is 3.94. The van der Waals surface area contributed by atoms with Gasteiger partial charge in [-0.25, -0.2) is 0 Å². The highest BCUT2D eigenvalue weighted by molar-refractivity contribution is 5.13. The van der Waals surface area contributed by atoms with Gasteiger partial charge >= 0.3 is 0 Å². The van der Waals surface area contributed by atoms with E-state index in [4.69, 9.17) is 4.74 Å². The molecular formula is C11H18N2O2. The molecule has 0 radical (unpaired) electrons. The Hall–Kier alpha value is -0.870. The Balaban J connectivity index is 2.27. The maximum absolute atomic E-state index is 10.5. The first-order valence-electron chi connectivity index (χ1n) is 5.48. The molecule has 2 heterocycles. The average Bonchev–Trinajstić information content (AvgIpc) is 2.89. The van der Waals surface area contributed by atoms with Crippen molar-refractivity contribution in [2.45, 2.75) is 32.4 Å². The summed E-state index contributed by atoms with van der Waals surface area (Å²) in [7, 11) is 0. The van der Waals surface area contributed by atoms with Gasteiger partial charge in [0, 0.05) is 25.3 Å². The van der Waals surface area contributed by atoms with Crippen LogP contribution in [-0.2, 0) is 16.9 Å². The summed E-state index contributed by atoms with van der Waals surface area (Å²) in [6, 6.07) is 1.89. The van der Waals surface area contributed by atoms with E-state index in [1.807, 2.05) is 24.6 Å². The van der Waals surface area contributed by atoms with Gasteiger partial charge in [-0.15, -0.1) is 0 Å². The second-order valence-electron chi connectivity index (χ2n) is 4.24. The summed E-state index contributed by atoms with van der Waals surface area (Å²) in [6.07, 6.45) is 2.66. The lowest BCUT2D eigenvalue weighted by Crippen LogP contribution is -2.34. The third-order valence-electron chi connectivity index (χ3n) is 3.26. The van der Waals surface area contributed by atoms with Gasteiger partial charge < -0.3 is 9.84 Å². The summed E-state index contributed by atoms with van der Waals surface area (Å²) in [5, 5.41) is 14.7. The van der Waals surface area contributed by atoms with Crippen molar-refractivity contribution in [1.29, 1.82) is 0 Å². The van der Waals surface area contributed by atoms with Crippen LogP contribution in [0.5, 0.6) is 0 Å². The molecule has 0 saturated carbocycles. The minimum Gasteiger partial charge on any atom is -0.383 e. The molecule has 2 atom stereocenters. The SMILES string of the molecule is CCn1nccc1C(C)(O)C1CCOC1. The summed E-state index contributed by atoms with van der Waals surface area (Å²) in [6.45, 7) is 6.06. The van der Waals surface area contributed by atoms with Crippen LogP contribution in [-0.4, -0.2) is 28.1 Å². The van der Waals surface area contributed by atoms with Crippen LogP contribution >= 0.6 is 0 Å². The van der Waals surface area contributed by atoms with E-state index in [1.54, 1.807) is 6.20 Å². The maximum Gasteiger partial charge on any atom is 0.108 e. The number of hydrogen-bond acceptors (Lipinski definition) is 3. The smallest absolute Gasteiger partial charge is 0.108 e. The third kappa shape index (κ3) is 1.79. The Morgan fingerprint density at radius 1 is 1.73 bits per heavy atom. The van der Waals surface area contributed by atoms with Crippen molar-refractivity contribution >= 4 is 0 Å². The fourth-order valence-corrected chi connectivity index (χ4v) is 2.20. The standard InChI is InChI=1S/C11H18N2O2/c1-3-13-10(4-6-12-13)11(2,14)9-5-7-15-8-9/h4,6,9,14H,3,5,7-8H2,1-2H3. The molecule has 1 aromatic heterocycles. The maximum atomic E-state index is 10.5. The van der Waals surface area contributed by atoms with Crippen LogP contribution in [0, 0.1) is 5.92 Å². The molecule has 15 heavy (non-hydrogen) atoms. The summed E-state index contributed by atoms with van der Waals surface area (Å²) < 4.78 is 7.17. The molecule has 0 bridgehead atoms. The van der Waals surface area contributed by atoms with Crippen molar-refractivity contribution in [3.8, 4) is 0 Å². The zero-order chi connectivity index (χ0) is 10.9. The second-order valence-corrected chi connectivity index (χ2v) is 4.24. The lowest BCUT2D eigenvalue weighted by molar-refractivity contribution is -0.0172. The fourth-order valence-electron chi connectivity index (χ4n) is 2.20. The minimum absolute atomic E-state index is 0.180. The van der Waals surface area contributed by atoms with E-state index in [2.05, 4.69) is 5.10 Å². The summed E-state index contributed by atoms with van der Waals surface area (Å²) >= 11 is 0. The van der Waals surface area contributed by atoms with Gasteiger partial charge in [0.2, 0.25) is 0 Å². The topological polar surface area (TPSA) is 47.3 Å². The number of rotatable bonds is 3. The Bertz CT molecular complexity index is 327. The normalized spacial score (nSPS) is 25.4. The van der Waals surface area contributed by atoms with E-state index < -0.39 is 5.60 Å². The Morgan fingerprint density at radius 3 is 3.13 bits per heavy atom. The molecule has 0 aromatic carbocycles. The number of ether oxygens (including phenoxy) is 1. The van der Waals surface area contributed by atoms with Crippen molar-refractivity contribution in [2.75, 3.05) is 13.2 Å². The fraction of sp³-hybridized carbons (Fsp3) is 0.727. The van der Waals surface area contributed by atoms with Gasteiger partial charge in [-0.2, -0.15) is 5.10 Å². The van der Waals surface area contributed by atoms with Crippen molar-refractivity contribution in [2.24, 2.45) is 5.92 Å². The lowest BCUT2D eigenvalue weighted by atomic mass is 9.85. The zero-order valence-electron chi connectivity index (χ0n) is 9.31. The monoisotopic (exact) mass is 210 g/mol. The molecular weight excluding hydrogens is 192 g/mol. The van der Waals surface area contributed by atoms with Gasteiger partial charge in [0.25, 0.3) is 0 Å². The molecule has 2 rings (SSSR count). The average molecular weight is 210 g/mol. The number of aryl methyl sites for hydroxylation is 1. The van der Waals surface area contributed by atoms with Crippen LogP contribution in [0.2, 0.25) is 0 Å². The molecule has 4 nitrogen and oxygen atoms in total. The van der Waals surface area contributed by atoms with Crippen LogP contribution in [0.15, 0.2) is 12.3 Å². The van der Waals surface area contributed by atoms with E-state index in [0.717, 1.165) is 25.3 Å². The number of nitrogens with zero attached hydrogens (tertiary/aromatic N) is 2. The molecule has 1 N–H and O–H groups in total. The van der Waals surface area contributed by atoms with Gasteiger partial charge in [-0.05, 0) is 26.3 Å². The van der Waals surface area contributed by atoms with Gasteiger partial charge in [0.1, 0.15) is 5.60 Å². The summed E-state index contributed by atoms with van der Waals surface area (Å²) in [4.78, 5) is 0. The predicted octanol–water partition coefficient (Wildman–Crippen LogP) is 1.15. The van der Waals surface area contributed by atoms with Gasteiger partial charge in [0.05, 0.1) is 12.3 Å². The molecule has 1 aliphatic rings. The zero-order valence-corrected chi connectivity index (χ0v) is 9.31. The van der Waals surface area contributed by atoms with Crippen LogP contribution in [0.4, 0.5) is 0 Å².